The molecule has 0 heterocycles. The van der Waals surface area contributed by atoms with Gasteiger partial charge < -0.3 is 14.9 Å². The third-order valence-corrected chi connectivity index (χ3v) is 1.93. The Kier molecular flexibility index (Phi) is 4.48. The first-order valence-electron chi connectivity index (χ1n) is 3.99. The van der Waals surface area contributed by atoms with Crippen molar-refractivity contribution in [2.75, 3.05) is 13.2 Å². The van der Waals surface area contributed by atoms with Crippen LogP contribution < -0.4 is 4.74 Å². The summed E-state index contributed by atoms with van der Waals surface area (Å²) in [6.45, 7) is -0.332. The van der Waals surface area contributed by atoms with E-state index in [1.54, 1.807) is 18.2 Å². The van der Waals surface area contributed by atoms with E-state index in [4.69, 9.17) is 38.2 Å². The van der Waals surface area contributed by atoms with Crippen molar-refractivity contribution in [3.8, 4) is 5.75 Å². The van der Waals surface area contributed by atoms with Gasteiger partial charge in [-0.1, -0.05) is 23.2 Å². The summed E-state index contributed by atoms with van der Waals surface area (Å²) in [7, 11) is 0. The van der Waals surface area contributed by atoms with Crippen LogP contribution in [0.5, 0.6) is 5.75 Å². The van der Waals surface area contributed by atoms with Crippen molar-refractivity contribution in [3.05, 3.63) is 28.2 Å². The van der Waals surface area contributed by atoms with Gasteiger partial charge in [0.25, 0.3) is 0 Å². The van der Waals surface area contributed by atoms with E-state index in [1.165, 1.54) is 0 Å². The summed E-state index contributed by atoms with van der Waals surface area (Å²) in [6, 6.07) is 4.74. The molecule has 1 rings (SSSR count). The topological polar surface area (TPSA) is 49.7 Å². The normalized spacial score (nSPS) is 12.6. The molecule has 1 aromatic rings. The van der Waals surface area contributed by atoms with E-state index in [2.05, 4.69) is 0 Å². The molecule has 1 atom stereocenters. The highest BCUT2D eigenvalue weighted by atomic mass is 35.5. The summed E-state index contributed by atoms with van der Waals surface area (Å²) in [5, 5.41) is 18.5. The number of halogens is 2. The quantitative estimate of drug-likeness (QED) is 0.838. The van der Waals surface area contributed by atoms with Gasteiger partial charge in [-0.3, -0.25) is 0 Å². The highest BCUT2D eigenvalue weighted by Crippen LogP contribution is 2.24. The Morgan fingerprint density at radius 3 is 2.29 bits per heavy atom. The van der Waals surface area contributed by atoms with Crippen LogP contribution in [0.4, 0.5) is 0 Å². The SMILES string of the molecule is OCC(O)COc1cc(Cl)cc(Cl)c1. The van der Waals surface area contributed by atoms with E-state index >= 15 is 0 Å². The molecule has 14 heavy (non-hydrogen) atoms. The Bertz CT molecular complexity index is 284. The van der Waals surface area contributed by atoms with Gasteiger partial charge in [0.05, 0.1) is 6.61 Å². The smallest absolute Gasteiger partial charge is 0.122 e. The average Bonchev–Trinajstić information content (AvgIpc) is 2.12. The van der Waals surface area contributed by atoms with E-state index in [9.17, 15) is 0 Å². The van der Waals surface area contributed by atoms with Crippen molar-refractivity contribution in [1.82, 2.24) is 0 Å². The highest BCUT2D eigenvalue weighted by molar-refractivity contribution is 6.34. The number of aliphatic hydroxyl groups excluding tert-OH is 2. The van der Waals surface area contributed by atoms with E-state index in [-0.39, 0.29) is 13.2 Å². The minimum atomic E-state index is -0.896. The zero-order valence-electron chi connectivity index (χ0n) is 7.28. The van der Waals surface area contributed by atoms with E-state index in [0.29, 0.717) is 15.8 Å². The Balaban J connectivity index is 2.58. The second kappa shape index (κ2) is 5.41. The number of ether oxygens (including phenoxy) is 1. The molecule has 0 aliphatic rings. The van der Waals surface area contributed by atoms with Crippen molar-refractivity contribution < 1.29 is 14.9 Å². The summed E-state index contributed by atoms with van der Waals surface area (Å²) in [4.78, 5) is 0. The molecule has 5 heteroatoms. The highest BCUT2D eigenvalue weighted by Gasteiger charge is 2.04. The number of hydrogen-bond donors (Lipinski definition) is 2. The minimum absolute atomic E-state index is 0.00711. The van der Waals surface area contributed by atoms with Crippen molar-refractivity contribution in [2.45, 2.75) is 6.10 Å². The molecule has 0 amide bonds. The van der Waals surface area contributed by atoms with Crippen LogP contribution in [0.15, 0.2) is 18.2 Å². The summed E-state index contributed by atoms with van der Waals surface area (Å²) in [5.41, 5.74) is 0. The zero-order valence-corrected chi connectivity index (χ0v) is 8.79. The number of aliphatic hydroxyl groups is 2. The molecule has 78 valence electrons. The molecular formula is C9H10Cl2O3. The zero-order chi connectivity index (χ0) is 10.6. The lowest BCUT2D eigenvalue weighted by molar-refractivity contribution is 0.0536. The molecule has 0 fully saturated rings. The first kappa shape index (κ1) is 11.6. The van der Waals surface area contributed by atoms with Crippen LogP contribution in [0.3, 0.4) is 0 Å². The maximum atomic E-state index is 9.02. The van der Waals surface area contributed by atoms with Crippen LogP contribution in [0, 0.1) is 0 Å². The Morgan fingerprint density at radius 2 is 1.79 bits per heavy atom. The van der Waals surface area contributed by atoms with E-state index < -0.39 is 6.10 Å². The second-order valence-electron chi connectivity index (χ2n) is 2.75. The van der Waals surface area contributed by atoms with Crippen LogP contribution in [0.1, 0.15) is 0 Å². The summed E-state index contributed by atoms with van der Waals surface area (Å²) in [6.07, 6.45) is -0.896. The molecule has 0 spiro atoms. The third-order valence-electron chi connectivity index (χ3n) is 1.49. The van der Waals surface area contributed by atoms with E-state index in [1.807, 2.05) is 0 Å². The van der Waals surface area contributed by atoms with Crippen LogP contribution in [-0.2, 0) is 0 Å². The van der Waals surface area contributed by atoms with Gasteiger partial charge in [0.2, 0.25) is 0 Å². The largest absolute Gasteiger partial charge is 0.491 e. The van der Waals surface area contributed by atoms with E-state index in [0.717, 1.165) is 0 Å². The summed E-state index contributed by atoms with van der Waals surface area (Å²) >= 11 is 11.4. The van der Waals surface area contributed by atoms with Crippen molar-refractivity contribution >= 4 is 23.2 Å². The first-order valence-corrected chi connectivity index (χ1v) is 4.75. The average molecular weight is 237 g/mol. The molecule has 0 saturated heterocycles. The lowest BCUT2D eigenvalue weighted by Gasteiger charge is -2.10. The van der Waals surface area contributed by atoms with Gasteiger partial charge in [-0.05, 0) is 18.2 Å². The van der Waals surface area contributed by atoms with Gasteiger partial charge in [0, 0.05) is 10.0 Å². The maximum absolute atomic E-state index is 9.02. The third kappa shape index (κ3) is 3.72. The molecule has 1 unspecified atom stereocenters. The first-order chi connectivity index (χ1) is 6.61. The molecule has 1 aromatic carbocycles. The van der Waals surface area contributed by atoms with Crippen LogP contribution >= 0.6 is 23.2 Å². The lowest BCUT2D eigenvalue weighted by Crippen LogP contribution is -2.21. The van der Waals surface area contributed by atoms with Crippen LogP contribution in [0.2, 0.25) is 10.0 Å². The molecule has 0 saturated carbocycles. The molecule has 0 aromatic heterocycles. The fraction of sp³-hybridized carbons (Fsp3) is 0.333. The second-order valence-corrected chi connectivity index (χ2v) is 3.63. The standard InChI is InChI=1S/C9H10Cl2O3/c10-6-1-7(11)3-9(2-6)14-5-8(13)4-12/h1-3,8,12-13H,4-5H2. The van der Waals surface area contributed by atoms with Crippen LogP contribution in [-0.4, -0.2) is 29.5 Å². The molecule has 0 bridgehead atoms. The molecule has 0 aliphatic heterocycles. The van der Waals surface area contributed by atoms with Crippen molar-refractivity contribution in [3.63, 3.8) is 0 Å². The van der Waals surface area contributed by atoms with Crippen LogP contribution in [0.25, 0.3) is 0 Å². The molecule has 2 N–H and O–H groups in total. The Morgan fingerprint density at radius 1 is 1.21 bits per heavy atom. The minimum Gasteiger partial charge on any atom is -0.491 e. The molecule has 0 radical (unpaired) electrons. The fourth-order valence-corrected chi connectivity index (χ4v) is 1.36. The number of benzene rings is 1. The van der Waals surface area contributed by atoms with Crippen molar-refractivity contribution in [2.24, 2.45) is 0 Å². The lowest BCUT2D eigenvalue weighted by atomic mass is 10.3. The number of hydrogen-bond acceptors (Lipinski definition) is 3. The van der Waals surface area contributed by atoms with Gasteiger partial charge in [-0.25, -0.2) is 0 Å². The fourth-order valence-electron chi connectivity index (χ4n) is 0.857. The monoisotopic (exact) mass is 236 g/mol. The van der Waals surface area contributed by atoms with Gasteiger partial charge in [0.15, 0.2) is 0 Å². The van der Waals surface area contributed by atoms with Crippen molar-refractivity contribution in [1.29, 1.82) is 0 Å². The Labute approximate surface area is 91.8 Å². The molecular weight excluding hydrogens is 227 g/mol. The molecule has 0 aliphatic carbocycles. The predicted octanol–water partition coefficient (Wildman–Crippen LogP) is 1.73. The predicted molar refractivity (Wildman–Crippen MR) is 55.0 cm³/mol. The van der Waals surface area contributed by atoms with Gasteiger partial charge in [-0.15, -0.1) is 0 Å². The Hall–Kier alpha value is -0.480. The summed E-state index contributed by atoms with van der Waals surface area (Å²) < 4.78 is 5.14. The maximum Gasteiger partial charge on any atom is 0.122 e. The van der Waals surface area contributed by atoms with Gasteiger partial charge in [-0.2, -0.15) is 0 Å². The summed E-state index contributed by atoms with van der Waals surface area (Å²) in [5.74, 6) is 0.468. The van der Waals surface area contributed by atoms with Gasteiger partial charge in [0.1, 0.15) is 18.5 Å². The van der Waals surface area contributed by atoms with Gasteiger partial charge >= 0.3 is 0 Å². The number of rotatable bonds is 4. The molecule has 3 nitrogen and oxygen atoms in total.